The molecule has 1 amide bonds. The first-order valence-corrected chi connectivity index (χ1v) is 9.32. The first kappa shape index (κ1) is 21.0. The van der Waals surface area contributed by atoms with E-state index in [1.807, 2.05) is 31.2 Å². The van der Waals surface area contributed by atoms with Crippen molar-refractivity contribution in [1.82, 2.24) is 4.90 Å². The highest BCUT2D eigenvalue weighted by molar-refractivity contribution is 5.81. The number of carbonyl (C=O) groups excluding carboxylic acids is 2. The number of methoxy groups -OCH3 is 1. The topological polar surface area (TPSA) is 91.1 Å². The van der Waals surface area contributed by atoms with E-state index in [-0.39, 0.29) is 6.04 Å². The molecule has 0 heterocycles. The van der Waals surface area contributed by atoms with Gasteiger partial charge >= 0.3 is 12.1 Å². The molecule has 1 aromatic rings. The molecule has 2 unspecified atom stereocenters. The molecular weight excluding hydrogens is 348 g/mol. The number of ether oxygens (including phenoxy) is 3. The van der Waals surface area contributed by atoms with Gasteiger partial charge in [0.2, 0.25) is 6.29 Å². The SMILES string of the molecule is COc1ccccc1CC(C)N(C)C(=O)OC(C)OC(=O)C1(N)CCCC1. The Morgan fingerprint density at radius 3 is 2.44 bits per heavy atom. The van der Waals surface area contributed by atoms with Gasteiger partial charge in [-0.25, -0.2) is 9.59 Å². The van der Waals surface area contributed by atoms with Crippen LogP contribution in [0, 0.1) is 0 Å². The summed E-state index contributed by atoms with van der Waals surface area (Å²) in [5.74, 6) is 0.267. The second-order valence-electron chi connectivity index (χ2n) is 7.20. The second kappa shape index (κ2) is 9.08. The van der Waals surface area contributed by atoms with E-state index in [0.717, 1.165) is 24.2 Å². The molecule has 0 aromatic heterocycles. The van der Waals surface area contributed by atoms with Crippen LogP contribution in [0.25, 0.3) is 0 Å². The van der Waals surface area contributed by atoms with Crippen molar-refractivity contribution in [1.29, 1.82) is 0 Å². The number of para-hydroxylation sites is 1. The Hall–Kier alpha value is -2.28. The van der Waals surface area contributed by atoms with E-state index in [2.05, 4.69) is 0 Å². The van der Waals surface area contributed by atoms with Crippen molar-refractivity contribution in [3.8, 4) is 5.75 Å². The van der Waals surface area contributed by atoms with Gasteiger partial charge in [0.05, 0.1) is 7.11 Å². The monoisotopic (exact) mass is 378 g/mol. The number of amides is 1. The molecule has 1 aromatic carbocycles. The molecule has 7 heteroatoms. The minimum Gasteiger partial charge on any atom is -0.496 e. The second-order valence-corrected chi connectivity index (χ2v) is 7.20. The molecule has 150 valence electrons. The van der Waals surface area contributed by atoms with Gasteiger partial charge in [0, 0.05) is 20.0 Å². The summed E-state index contributed by atoms with van der Waals surface area (Å²) in [7, 11) is 3.27. The number of nitrogens with two attached hydrogens (primary N) is 1. The number of carbonyl (C=O) groups is 2. The van der Waals surface area contributed by atoms with Crippen molar-refractivity contribution >= 4 is 12.1 Å². The fourth-order valence-corrected chi connectivity index (χ4v) is 3.23. The van der Waals surface area contributed by atoms with Crippen LogP contribution in [0.2, 0.25) is 0 Å². The summed E-state index contributed by atoms with van der Waals surface area (Å²) in [5, 5.41) is 0. The van der Waals surface area contributed by atoms with Crippen LogP contribution in [0.4, 0.5) is 4.79 Å². The molecule has 1 saturated carbocycles. The number of rotatable bonds is 7. The van der Waals surface area contributed by atoms with Crippen LogP contribution in [-0.4, -0.2) is 49.0 Å². The lowest BCUT2D eigenvalue weighted by Gasteiger charge is -2.28. The zero-order chi connectivity index (χ0) is 20.0. The molecule has 0 aliphatic heterocycles. The molecule has 1 aliphatic carbocycles. The number of likely N-dealkylation sites (N-methyl/N-ethyl adjacent to an activating group) is 1. The predicted molar refractivity (Wildman–Crippen MR) is 101 cm³/mol. The number of benzene rings is 1. The van der Waals surface area contributed by atoms with E-state index in [9.17, 15) is 9.59 Å². The molecular formula is C20H30N2O5. The third-order valence-corrected chi connectivity index (χ3v) is 5.10. The minimum absolute atomic E-state index is 0.132. The van der Waals surface area contributed by atoms with E-state index < -0.39 is 23.9 Å². The minimum atomic E-state index is -0.994. The number of nitrogens with zero attached hydrogens (tertiary/aromatic N) is 1. The molecule has 0 radical (unpaired) electrons. The first-order chi connectivity index (χ1) is 12.8. The van der Waals surface area contributed by atoms with Gasteiger partial charge in [-0.1, -0.05) is 31.0 Å². The Morgan fingerprint density at radius 2 is 1.81 bits per heavy atom. The van der Waals surface area contributed by atoms with E-state index in [1.165, 1.54) is 11.8 Å². The van der Waals surface area contributed by atoms with E-state index in [4.69, 9.17) is 19.9 Å². The van der Waals surface area contributed by atoms with Crippen LogP contribution in [0.1, 0.15) is 45.1 Å². The highest BCUT2D eigenvalue weighted by atomic mass is 16.7. The van der Waals surface area contributed by atoms with Crippen molar-refractivity contribution < 1.29 is 23.8 Å². The summed E-state index contributed by atoms with van der Waals surface area (Å²) in [6.45, 7) is 3.44. The smallest absolute Gasteiger partial charge is 0.412 e. The average Bonchev–Trinajstić information content (AvgIpc) is 3.09. The third kappa shape index (κ3) is 5.35. The summed E-state index contributed by atoms with van der Waals surface area (Å²) in [6, 6.07) is 7.54. The molecule has 0 spiro atoms. The number of hydrogen-bond acceptors (Lipinski definition) is 6. The van der Waals surface area contributed by atoms with Gasteiger partial charge in [-0.2, -0.15) is 0 Å². The van der Waals surface area contributed by atoms with Crippen molar-refractivity contribution in [2.24, 2.45) is 5.73 Å². The van der Waals surface area contributed by atoms with Gasteiger partial charge in [-0.05, 0) is 37.8 Å². The molecule has 1 fully saturated rings. The van der Waals surface area contributed by atoms with Crippen molar-refractivity contribution in [2.75, 3.05) is 14.2 Å². The van der Waals surface area contributed by atoms with E-state index in [1.54, 1.807) is 14.2 Å². The Kier molecular flexibility index (Phi) is 7.07. The van der Waals surface area contributed by atoms with Crippen molar-refractivity contribution in [3.63, 3.8) is 0 Å². The van der Waals surface area contributed by atoms with E-state index in [0.29, 0.717) is 19.3 Å². The zero-order valence-corrected chi connectivity index (χ0v) is 16.6. The highest BCUT2D eigenvalue weighted by Gasteiger charge is 2.39. The molecule has 7 nitrogen and oxygen atoms in total. The van der Waals surface area contributed by atoms with Gasteiger partial charge in [0.1, 0.15) is 11.3 Å². The lowest BCUT2D eigenvalue weighted by atomic mass is 10.00. The van der Waals surface area contributed by atoms with Gasteiger partial charge in [-0.15, -0.1) is 0 Å². The van der Waals surface area contributed by atoms with Crippen LogP contribution in [0.3, 0.4) is 0 Å². The number of esters is 1. The average molecular weight is 378 g/mol. The summed E-state index contributed by atoms with van der Waals surface area (Å²) in [5.41, 5.74) is 6.11. The summed E-state index contributed by atoms with van der Waals surface area (Å²) in [4.78, 5) is 26.1. The summed E-state index contributed by atoms with van der Waals surface area (Å²) >= 11 is 0. The Labute approximate surface area is 160 Å². The first-order valence-electron chi connectivity index (χ1n) is 9.32. The Morgan fingerprint density at radius 1 is 1.19 bits per heavy atom. The van der Waals surface area contributed by atoms with Gasteiger partial charge in [0.25, 0.3) is 0 Å². The fourth-order valence-electron chi connectivity index (χ4n) is 3.23. The van der Waals surface area contributed by atoms with Crippen molar-refractivity contribution in [3.05, 3.63) is 29.8 Å². The largest absolute Gasteiger partial charge is 0.496 e. The molecule has 2 rings (SSSR count). The van der Waals surface area contributed by atoms with E-state index >= 15 is 0 Å². The zero-order valence-electron chi connectivity index (χ0n) is 16.6. The van der Waals surface area contributed by atoms with Crippen LogP contribution >= 0.6 is 0 Å². The number of hydrogen-bond donors (Lipinski definition) is 1. The maximum absolute atomic E-state index is 12.4. The van der Waals surface area contributed by atoms with Crippen molar-refractivity contribution in [2.45, 2.75) is 63.8 Å². The van der Waals surface area contributed by atoms with Crippen LogP contribution in [0.15, 0.2) is 24.3 Å². The van der Waals surface area contributed by atoms with Gasteiger partial charge in [-0.3, -0.25) is 0 Å². The quantitative estimate of drug-likeness (QED) is 0.579. The lowest BCUT2D eigenvalue weighted by molar-refractivity contribution is -0.172. The third-order valence-electron chi connectivity index (χ3n) is 5.10. The standard InChI is InChI=1S/C20H30N2O5/c1-14(13-16-9-5-6-10-17(16)25-4)22(3)19(24)27-15(2)26-18(23)20(21)11-7-8-12-20/h5-6,9-10,14-15H,7-8,11-13,21H2,1-4H3. The summed E-state index contributed by atoms with van der Waals surface area (Å²) < 4.78 is 15.8. The molecule has 2 N–H and O–H groups in total. The molecule has 1 aliphatic rings. The van der Waals surface area contributed by atoms with Gasteiger partial charge in [0.15, 0.2) is 0 Å². The lowest BCUT2D eigenvalue weighted by Crippen LogP contribution is -2.48. The van der Waals surface area contributed by atoms with Crippen LogP contribution in [0.5, 0.6) is 5.75 Å². The molecule has 0 saturated heterocycles. The van der Waals surface area contributed by atoms with Gasteiger partial charge < -0.3 is 24.8 Å². The van der Waals surface area contributed by atoms with Crippen LogP contribution in [-0.2, 0) is 20.7 Å². The molecule has 27 heavy (non-hydrogen) atoms. The maximum Gasteiger partial charge on any atom is 0.412 e. The predicted octanol–water partition coefficient (Wildman–Crippen LogP) is 2.86. The highest BCUT2D eigenvalue weighted by Crippen LogP contribution is 2.28. The molecule has 0 bridgehead atoms. The van der Waals surface area contributed by atoms with Crippen LogP contribution < -0.4 is 10.5 Å². The Bertz CT molecular complexity index is 658. The summed E-state index contributed by atoms with van der Waals surface area (Å²) in [6.07, 6.45) is 2.06. The maximum atomic E-state index is 12.4. The molecule has 2 atom stereocenters. The Balaban J connectivity index is 1.87. The fraction of sp³-hybridized carbons (Fsp3) is 0.600. The normalized spacial score (nSPS) is 17.7.